The third kappa shape index (κ3) is 3.69. The monoisotopic (exact) mass is 423 g/mol. The number of rotatable bonds is 5. The van der Waals surface area contributed by atoms with Gasteiger partial charge in [0.15, 0.2) is 16.7 Å². The van der Waals surface area contributed by atoms with Crippen molar-refractivity contribution in [2.75, 3.05) is 13.7 Å². The molecule has 0 bridgehead atoms. The summed E-state index contributed by atoms with van der Waals surface area (Å²) in [7, 11) is 1.52. The summed E-state index contributed by atoms with van der Waals surface area (Å²) in [4.78, 5) is 26.0. The highest BCUT2D eigenvalue weighted by Gasteiger charge is 2.31. The number of halogens is 1. The van der Waals surface area contributed by atoms with Crippen LogP contribution in [0.5, 0.6) is 5.75 Å². The Bertz CT molecular complexity index is 1200. The van der Waals surface area contributed by atoms with Crippen molar-refractivity contribution in [1.29, 1.82) is 0 Å². The molecule has 1 N–H and O–H groups in total. The van der Waals surface area contributed by atoms with Crippen LogP contribution in [0.3, 0.4) is 0 Å². The quantitative estimate of drug-likeness (QED) is 0.389. The first-order valence-electron chi connectivity index (χ1n) is 9.26. The molecule has 0 aliphatic carbocycles. The number of carbonyl (C=O) groups excluding carboxylic acids is 2. The second-order valence-corrected chi connectivity index (χ2v) is 7.14. The zero-order valence-corrected chi connectivity index (χ0v) is 16.9. The molecule has 2 aromatic carbocycles. The number of thiocarbonyl (C=S) groups is 1. The molecule has 30 heavy (non-hydrogen) atoms. The van der Waals surface area contributed by atoms with Gasteiger partial charge < -0.3 is 9.30 Å². The number of benzene rings is 2. The molecule has 0 radical (unpaired) electrons. The van der Waals surface area contributed by atoms with Crippen LogP contribution < -0.4 is 10.1 Å². The van der Waals surface area contributed by atoms with Crippen molar-refractivity contribution >= 4 is 46.1 Å². The summed E-state index contributed by atoms with van der Waals surface area (Å²) >= 11 is 4.98. The third-order valence-electron chi connectivity index (χ3n) is 4.85. The maximum Gasteiger partial charge on any atom is 0.265 e. The van der Waals surface area contributed by atoms with Gasteiger partial charge in [-0.15, -0.1) is 0 Å². The second-order valence-electron chi connectivity index (χ2n) is 6.76. The Balaban J connectivity index is 1.63. The topological polar surface area (TPSA) is 63.6 Å². The maximum atomic E-state index is 13.7. The van der Waals surface area contributed by atoms with Crippen molar-refractivity contribution in [3.63, 3.8) is 0 Å². The maximum absolute atomic E-state index is 13.7. The fourth-order valence-electron chi connectivity index (χ4n) is 3.29. The van der Waals surface area contributed by atoms with E-state index in [9.17, 15) is 14.0 Å². The molecule has 1 aliphatic heterocycles. The van der Waals surface area contributed by atoms with Gasteiger partial charge >= 0.3 is 0 Å². The van der Waals surface area contributed by atoms with E-state index in [1.54, 1.807) is 24.3 Å². The first-order chi connectivity index (χ1) is 14.5. The fourth-order valence-corrected chi connectivity index (χ4v) is 3.47. The standard InChI is InChI=1S/C22H18FN3O3S/c1-25-21(28)16(20(27)24-22(25)30)12-14-13-26(18-8-4-2-6-15(14)18)10-11-29-19-9-5-3-7-17(19)23/h2-9,12-13H,10-11H2,1H3,(H,24,27,30)/b16-12-. The first kappa shape index (κ1) is 19.8. The fraction of sp³-hybridized carbons (Fsp3) is 0.136. The lowest BCUT2D eigenvalue weighted by Crippen LogP contribution is -2.52. The molecule has 1 aromatic heterocycles. The van der Waals surface area contributed by atoms with Crippen molar-refractivity contribution in [3.05, 3.63) is 71.7 Å². The molecule has 1 fully saturated rings. The molecule has 0 spiro atoms. The highest BCUT2D eigenvalue weighted by atomic mass is 32.1. The number of ether oxygens (including phenoxy) is 1. The Kier molecular flexibility index (Phi) is 5.33. The van der Waals surface area contributed by atoms with E-state index in [1.165, 1.54) is 18.0 Å². The first-order valence-corrected chi connectivity index (χ1v) is 9.67. The Labute approximate surface area is 177 Å². The lowest BCUT2D eigenvalue weighted by atomic mass is 10.1. The molecule has 2 amide bonds. The zero-order chi connectivity index (χ0) is 21.3. The highest BCUT2D eigenvalue weighted by molar-refractivity contribution is 7.80. The zero-order valence-electron chi connectivity index (χ0n) is 16.1. The predicted molar refractivity (Wildman–Crippen MR) is 115 cm³/mol. The number of para-hydroxylation sites is 2. The van der Waals surface area contributed by atoms with Gasteiger partial charge in [-0.3, -0.25) is 19.8 Å². The molecular formula is C22H18FN3O3S. The Morgan fingerprint density at radius 2 is 1.87 bits per heavy atom. The minimum atomic E-state index is -0.525. The summed E-state index contributed by atoms with van der Waals surface area (Å²) in [5, 5.41) is 3.47. The van der Waals surface area contributed by atoms with Crippen molar-refractivity contribution in [2.45, 2.75) is 6.54 Å². The number of nitrogens with one attached hydrogen (secondary N) is 1. The largest absolute Gasteiger partial charge is 0.489 e. The van der Waals surface area contributed by atoms with E-state index >= 15 is 0 Å². The van der Waals surface area contributed by atoms with Gasteiger partial charge in [-0.2, -0.15) is 0 Å². The normalized spacial score (nSPS) is 15.7. The molecule has 3 aromatic rings. The molecule has 0 atom stereocenters. The van der Waals surface area contributed by atoms with E-state index in [4.69, 9.17) is 17.0 Å². The molecule has 4 rings (SSSR count). The van der Waals surface area contributed by atoms with Crippen LogP contribution in [0, 0.1) is 5.82 Å². The smallest absolute Gasteiger partial charge is 0.265 e. The number of fused-ring (bicyclic) bond motifs is 1. The van der Waals surface area contributed by atoms with Gasteiger partial charge in [0.1, 0.15) is 12.2 Å². The Morgan fingerprint density at radius 3 is 2.67 bits per heavy atom. The van der Waals surface area contributed by atoms with Gasteiger partial charge in [-0.1, -0.05) is 30.3 Å². The van der Waals surface area contributed by atoms with Crippen LogP contribution in [0.15, 0.2) is 60.3 Å². The van der Waals surface area contributed by atoms with Crippen LogP contribution in [0.4, 0.5) is 4.39 Å². The Hall–Kier alpha value is -3.52. The molecule has 2 heterocycles. The minimum absolute atomic E-state index is 0.0107. The predicted octanol–water partition coefficient (Wildman–Crippen LogP) is 3.12. The van der Waals surface area contributed by atoms with Gasteiger partial charge in [0, 0.05) is 29.7 Å². The number of carbonyl (C=O) groups is 2. The molecule has 1 aliphatic rings. The summed E-state index contributed by atoms with van der Waals surface area (Å²) in [6, 6.07) is 13.9. The second kappa shape index (κ2) is 8.08. The summed E-state index contributed by atoms with van der Waals surface area (Å²) in [5.74, 6) is -1.20. The summed E-state index contributed by atoms with van der Waals surface area (Å²) in [6.07, 6.45) is 3.41. The van der Waals surface area contributed by atoms with Gasteiger partial charge in [-0.25, -0.2) is 4.39 Å². The number of hydrogen-bond acceptors (Lipinski definition) is 4. The molecule has 0 unspecified atom stereocenters. The van der Waals surface area contributed by atoms with E-state index in [0.29, 0.717) is 6.54 Å². The number of hydrogen-bond donors (Lipinski definition) is 1. The molecule has 8 heteroatoms. The molecule has 152 valence electrons. The Morgan fingerprint density at radius 1 is 1.13 bits per heavy atom. The molecular weight excluding hydrogens is 405 g/mol. The van der Waals surface area contributed by atoms with Crippen molar-refractivity contribution < 1.29 is 18.7 Å². The van der Waals surface area contributed by atoms with Crippen LogP contribution in [-0.4, -0.2) is 40.0 Å². The van der Waals surface area contributed by atoms with Crippen LogP contribution in [0.2, 0.25) is 0 Å². The van der Waals surface area contributed by atoms with E-state index in [2.05, 4.69) is 5.32 Å². The number of nitrogens with zero attached hydrogens (tertiary/aromatic N) is 2. The van der Waals surface area contributed by atoms with Gasteiger partial charge in [0.25, 0.3) is 11.8 Å². The van der Waals surface area contributed by atoms with E-state index in [0.717, 1.165) is 16.5 Å². The average molecular weight is 423 g/mol. The van der Waals surface area contributed by atoms with Gasteiger partial charge in [-0.05, 0) is 36.5 Å². The molecule has 6 nitrogen and oxygen atoms in total. The number of aromatic nitrogens is 1. The van der Waals surface area contributed by atoms with Crippen molar-refractivity contribution in [2.24, 2.45) is 0 Å². The molecule has 0 saturated carbocycles. The van der Waals surface area contributed by atoms with Crippen LogP contribution in [-0.2, 0) is 16.1 Å². The van der Waals surface area contributed by atoms with Gasteiger partial charge in [0.2, 0.25) is 0 Å². The van der Waals surface area contributed by atoms with Crippen molar-refractivity contribution in [3.8, 4) is 5.75 Å². The summed E-state index contributed by atoms with van der Waals surface area (Å²) in [5.41, 5.74) is 1.64. The lowest BCUT2D eigenvalue weighted by Gasteiger charge is -2.24. The molecule has 1 saturated heterocycles. The average Bonchev–Trinajstić information content (AvgIpc) is 3.09. The van der Waals surface area contributed by atoms with Crippen molar-refractivity contribution in [1.82, 2.24) is 14.8 Å². The third-order valence-corrected chi connectivity index (χ3v) is 5.23. The highest BCUT2D eigenvalue weighted by Crippen LogP contribution is 2.25. The van der Waals surface area contributed by atoms with Crippen LogP contribution in [0.1, 0.15) is 5.56 Å². The van der Waals surface area contributed by atoms with E-state index < -0.39 is 17.6 Å². The van der Waals surface area contributed by atoms with Crippen LogP contribution >= 0.6 is 12.2 Å². The van der Waals surface area contributed by atoms with E-state index in [-0.39, 0.29) is 23.0 Å². The lowest BCUT2D eigenvalue weighted by molar-refractivity contribution is -0.128. The van der Waals surface area contributed by atoms with E-state index in [1.807, 2.05) is 35.0 Å². The number of likely N-dealkylation sites (N-methyl/N-ethyl adjacent to an activating group) is 1. The minimum Gasteiger partial charge on any atom is -0.489 e. The SMILES string of the molecule is CN1C(=O)/C(=C\c2cn(CCOc3ccccc3F)c3ccccc23)C(=O)NC1=S. The summed E-state index contributed by atoms with van der Waals surface area (Å²) < 4.78 is 21.2. The van der Waals surface area contributed by atoms with Gasteiger partial charge in [0.05, 0.1) is 6.54 Å². The van der Waals surface area contributed by atoms with Crippen LogP contribution in [0.25, 0.3) is 17.0 Å². The number of amides is 2. The summed E-state index contributed by atoms with van der Waals surface area (Å²) in [6.45, 7) is 0.716.